The highest BCUT2D eigenvalue weighted by atomic mass is 32.2. The van der Waals surface area contributed by atoms with E-state index in [1.807, 2.05) is 19.3 Å². The molecule has 136 valence electrons. The minimum atomic E-state index is -3.61. The molecule has 0 amide bonds. The number of fused-ring (bicyclic) bond motifs is 1. The summed E-state index contributed by atoms with van der Waals surface area (Å²) in [6.07, 6.45) is 4.81. The highest BCUT2D eigenvalue weighted by Crippen LogP contribution is 2.36. The van der Waals surface area contributed by atoms with Crippen LogP contribution in [0.4, 0.5) is 10.2 Å². The van der Waals surface area contributed by atoms with Crippen molar-refractivity contribution in [2.24, 2.45) is 5.92 Å². The van der Waals surface area contributed by atoms with Crippen LogP contribution in [0.5, 0.6) is 0 Å². The third-order valence-corrected chi connectivity index (χ3v) is 6.96. The molecule has 2 heterocycles. The lowest BCUT2D eigenvalue weighted by molar-refractivity contribution is 0.282. The predicted octanol–water partition coefficient (Wildman–Crippen LogP) is 2.79. The van der Waals surface area contributed by atoms with Gasteiger partial charge in [-0.2, -0.15) is 0 Å². The number of nitrogens with one attached hydrogen (secondary N) is 1. The number of benzene rings is 1. The van der Waals surface area contributed by atoms with Gasteiger partial charge in [-0.25, -0.2) is 22.8 Å². The van der Waals surface area contributed by atoms with Crippen LogP contribution in [0.1, 0.15) is 12.8 Å². The minimum Gasteiger partial charge on any atom is -0.356 e. The molecule has 1 N–H and O–H groups in total. The summed E-state index contributed by atoms with van der Waals surface area (Å²) < 4.78 is 38.7. The molecule has 1 fully saturated rings. The van der Waals surface area contributed by atoms with Crippen LogP contribution in [-0.4, -0.2) is 42.2 Å². The Hall–Kier alpha value is -2.48. The molecule has 0 aliphatic heterocycles. The number of hydrogen-bond acceptors (Lipinski definition) is 5. The zero-order chi connectivity index (χ0) is 18.3. The number of nitrogens with zero attached hydrogens (tertiary/aromatic N) is 3. The van der Waals surface area contributed by atoms with Crippen molar-refractivity contribution >= 4 is 26.7 Å². The van der Waals surface area contributed by atoms with Gasteiger partial charge in [0.05, 0.1) is 11.1 Å². The molecular formula is C18H19FN4O2S. The van der Waals surface area contributed by atoms with Crippen LogP contribution in [0, 0.1) is 11.7 Å². The Morgan fingerprint density at radius 1 is 1.23 bits per heavy atom. The zero-order valence-electron chi connectivity index (χ0n) is 14.3. The number of aromatic amines is 1. The standard InChI is InChI=1S/C18H19FN4O2S/c1-23(18-14-6-7-20-17(14)21-11-22-18)13-8-12(9-13)10-26(24,25)16-5-3-2-4-15(16)19/h2-7,11-13H,8-10H2,1H3,(H,20,21,22). The molecular weight excluding hydrogens is 355 g/mol. The first-order chi connectivity index (χ1) is 12.5. The van der Waals surface area contributed by atoms with E-state index in [0.29, 0.717) is 0 Å². The first-order valence-corrected chi connectivity index (χ1v) is 10.1. The fraction of sp³-hybridized carbons (Fsp3) is 0.333. The predicted molar refractivity (Wildman–Crippen MR) is 97.3 cm³/mol. The van der Waals surface area contributed by atoms with Gasteiger partial charge in [-0.3, -0.25) is 0 Å². The van der Waals surface area contributed by atoms with Gasteiger partial charge < -0.3 is 9.88 Å². The fourth-order valence-electron chi connectivity index (χ4n) is 3.56. The fourth-order valence-corrected chi connectivity index (χ4v) is 5.29. The normalized spacial score (nSPS) is 20.1. The average Bonchev–Trinajstić information content (AvgIpc) is 3.06. The Bertz CT molecular complexity index is 1040. The van der Waals surface area contributed by atoms with E-state index >= 15 is 0 Å². The number of anilines is 1. The molecule has 0 unspecified atom stereocenters. The SMILES string of the molecule is CN(c1ncnc2[nH]ccc12)C1CC(CS(=O)(=O)c2ccccc2F)C1. The summed E-state index contributed by atoms with van der Waals surface area (Å²) >= 11 is 0. The van der Waals surface area contributed by atoms with E-state index < -0.39 is 15.7 Å². The van der Waals surface area contributed by atoms with Gasteiger partial charge in [0.1, 0.15) is 28.5 Å². The molecule has 2 aromatic heterocycles. The molecule has 0 saturated heterocycles. The summed E-state index contributed by atoms with van der Waals surface area (Å²) in [5, 5.41) is 0.942. The third-order valence-electron chi connectivity index (χ3n) is 5.05. The molecule has 6 nitrogen and oxygen atoms in total. The van der Waals surface area contributed by atoms with Gasteiger partial charge >= 0.3 is 0 Å². The Labute approximate surface area is 151 Å². The lowest BCUT2D eigenvalue weighted by Gasteiger charge is -2.41. The second-order valence-corrected chi connectivity index (χ2v) is 8.75. The molecule has 1 aliphatic rings. The average molecular weight is 374 g/mol. The van der Waals surface area contributed by atoms with Crippen LogP contribution in [-0.2, 0) is 9.84 Å². The highest BCUT2D eigenvalue weighted by molar-refractivity contribution is 7.91. The van der Waals surface area contributed by atoms with Gasteiger partial charge in [0.25, 0.3) is 0 Å². The van der Waals surface area contributed by atoms with E-state index in [2.05, 4.69) is 19.9 Å². The van der Waals surface area contributed by atoms with Gasteiger partial charge in [-0.05, 0) is 37.0 Å². The van der Waals surface area contributed by atoms with E-state index in [1.165, 1.54) is 24.5 Å². The van der Waals surface area contributed by atoms with Gasteiger partial charge in [-0.1, -0.05) is 12.1 Å². The third kappa shape index (κ3) is 2.94. The van der Waals surface area contributed by atoms with Crippen molar-refractivity contribution in [3.05, 3.63) is 48.7 Å². The molecule has 8 heteroatoms. The zero-order valence-corrected chi connectivity index (χ0v) is 15.1. The lowest BCUT2D eigenvalue weighted by atomic mass is 9.81. The molecule has 1 aliphatic carbocycles. The van der Waals surface area contributed by atoms with E-state index in [0.717, 1.165) is 29.7 Å². The molecule has 0 atom stereocenters. The van der Waals surface area contributed by atoms with E-state index in [4.69, 9.17) is 0 Å². The number of hydrogen-bond donors (Lipinski definition) is 1. The van der Waals surface area contributed by atoms with Gasteiger partial charge in [0.15, 0.2) is 9.84 Å². The van der Waals surface area contributed by atoms with Crippen molar-refractivity contribution in [2.45, 2.75) is 23.8 Å². The van der Waals surface area contributed by atoms with Crippen molar-refractivity contribution in [1.29, 1.82) is 0 Å². The Kier molecular flexibility index (Phi) is 4.14. The first-order valence-electron chi connectivity index (χ1n) is 8.44. The van der Waals surface area contributed by atoms with Crippen molar-refractivity contribution in [3.63, 3.8) is 0 Å². The summed E-state index contributed by atoms with van der Waals surface area (Å²) in [5.74, 6) is 0.144. The second kappa shape index (κ2) is 6.35. The van der Waals surface area contributed by atoms with Crippen molar-refractivity contribution in [2.75, 3.05) is 17.7 Å². The molecule has 4 rings (SSSR count). The Morgan fingerprint density at radius 3 is 2.77 bits per heavy atom. The van der Waals surface area contributed by atoms with Gasteiger partial charge in [0.2, 0.25) is 0 Å². The number of rotatable bonds is 5. The van der Waals surface area contributed by atoms with Crippen molar-refractivity contribution in [3.8, 4) is 0 Å². The maximum atomic E-state index is 13.8. The first kappa shape index (κ1) is 17.0. The number of aromatic nitrogens is 3. The van der Waals surface area contributed by atoms with Gasteiger partial charge in [-0.15, -0.1) is 0 Å². The number of sulfone groups is 1. The number of halogens is 1. The summed E-state index contributed by atoms with van der Waals surface area (Å²) in [4.78, 5) is 13.5. The van der Waals surface area contributed by atoms with Crippen LogP contribution < -0.4 is 4.90 Å². The molecule has 0 radical (unpaired) electrons. The largest absolute Gasteiger partial charge is 0.356 e. The quantitative estimate of drug-likeness (QED) is 0.743. The van der Waals surface area contributed by atoms with Crippen LogP contribution in [0.2, 0.25) is 0 Å². The van der Waals surface area contributed by atoms with Crippen LogP contribution in [0.15, 0.2) is 47.8 Å². The summed E-state index contributed by atoms with van der Waals surface area (Å²) in [7, 11) is -1.66. The molecule has 0 spiro atoms. The molecule has 1 aromatic carbocycles. The van der Waals surface area contributed by atoms with Gasteiger partial charge in [0, 0.05) is 19.3 Å². The van der Waals surface area contributed by atoms with Crippen LogP contribution in [0.25, 0.3) is 11.0 Å². The monoisotopic (exact) mass is 374 g/mol. The maximum Gasteiger partial charge on any atom is 0.181 e. The van der Waals surface area contributed by atoms with Crippen LogP contribution in [0.3, 0.4) is 0 Å². The van der Waals surface area contributed by atoms with Crippen molar-refractivity contribution in [1.82, 2.24) is 15.0 Å². The Morgan fingerprint density at radius 2 is 2.00 bits per heavy atom. The molecule has 3 aromatic rings. The summed E-state index contributed by atoms with van der Waals surface area (Å²) in [6, 6.07) is 7.69. The topological polar surface area (TPSA) is 79.0 Å². The Balaban J connectivity index is 1.44. The highest BCUT2D eigenvalue weighted by Gasteiger charge is 2.37. The molecule has 1 saturated carbocycles. The maximum absolute atomic E-state index is 13.8. The molecule has 26 heavy (non-hydrogen) atoms. The lowest BCUT2D eigenvalue weighted by Crippen LogP contribution is -2.45. The molecule has 0 bridgehead atoms. The summed E-state index contributed by atoms with van der Waals surface area (Å²) in [5.41, 5.74) is 0.778. The second-order valence-electron chi connectivity index (χ2n) is 6.75. The van der Waals surface area contributed by atoms with E-state index in [1.54, 1.807) is 6.07 Å². The van der Waals surface area contributed by atoms with E-state index in [-0.39, 0.29) is 22.6 Å². The summed E-state index contributed by atoms with van der Waals surface area (Å²) in [6.45, 7) is 0. The van der Waals surface area contributed by atoms with Crippen molar-refractivity contribution < 1.29 is 12.8 Å². The number of H-pyrrole nitrogens is 1. The van der Waals surface area contributed by atoms with Crippen LogP contribution >= 0.6 is 0 Å². The minimum absolute atomic E-state index is 0.0237. The smallest absolute Gasteiger partial charge is 0.181 e. The van der Waals surface area contributed by atoms with E-state index in [9.17, 15) is 12.8 Å².